The van der Waals surface area contributed by atoms with Crippen molar-refractivity contribution in [2.24, 2.45) is 0 Å². The van der Waals surface area contributed by atoms with E-state index in [1.165, 1.54) is 60.4 Å². The van der Waals surface area contributed by atoms with Gasteiger partial charge in [-0.2, -0.15) is 0 Å². The summed E-state index contributed by atoms with van der Waals surface area (Å²) >= 11 is 0. The number of fused-ring (bicyclic) bond motifs is 11. The molecule has 3 heteroatoms. The highest BCUT2D eigenvalue weighted by Crippen LogP contribution is 2.59. The molecular weight excluding hydrogens is 753 g/mol. The third-order valence-electron chi connectivity index (χ3n) is 13.2. The molecular formula is C59H38N2O. The first-order valence-electron chi connectivity index (χ1n) is 21.3. The van der Waals surface area contributed by atoms with Gasteiger partial charge in [-0.1, -0.05) is 164 Å². The van der Waals surface area contributed by atoms with E-state index >= 15 is 0 Å². The van der Waals surface area contributed by atoms with Crippen LogP contribution in [-0.4, -0.2) is 4.57 Å². The van der Waals surface area contributed by atoms with Gasteiger partial charge in [-0.3, -0.25) is 0 Å². The summed E-state index contributed by atoms with van der Waals surface area (Å²) in [6.07, 6.45) is 0. The van der Waals surface area contributed by atoms with E-state index in [9.17, 15) is 0 Å². The molecule has 1 aliphatic carbocycles. The monoisotopic (exact) mass is 790 g/mol. The quantitative estimate of drug-likeness (QED) is 0.167. The number of benzene rings is 10. The van der Waals surface area contributed by atoms with Gasteiger partial charge in [0.15, 0.2) is 0 Å². The molecule has 2 aromatic heterocycles. The van der Waals surface area contributed by atoms with Crippen molar-refractivity contribution in [1.29, 1.82) is 0 Å². The predicted molar refractivity (Wildman–Crippen MR) is 258 cm³/mol. The second-order valence-electron chi connectivity index (χ2n) is 16.4. The first-order valence-corrected chi connectivity index (χ1v) is 21.3. The van der Waals surface area contributed by atoms with Gasteiger partial charge >= 0.3 is 0 Å². The fourth-order valence-corrected chi connectivity index (χ4v) is 10.6. The zero-order valence-corrected chi connectivity index (χ0v) is 33.7. The van der Waals surface area contributed by atoms with E-state index in [0.717, 1.165) is 50.2 Å². The summed E-state index contributed by atoms with van der Waals surface area (Å²) in [7, 11) is 0. The number of nitrogens with zero attached hydrogens (tertiary/aromatic N) is 2. The minimum absolute atomic E-state index is 0.576. The summed E-state index contributed by atoms with van der Waals surface area (Å²) in [4.78, 5) is 2.44. The molecule has 2 heterocycles. The minimum Gasteiger partial charge on any atom is -0.456 e. The van der Waals surface area contributed by atoms with Gasteiger partial charge in [-0.25, -0.2) is 0 Å². The lowest BCUT2D eigenvalue weighted by Crippen LogP contribution is -2.28. The molecule has 290 valence electrons. The maximum absolute atomic E-state index is 6.39. The standard InChI is InChI=1S/C59H38N2O/c1-4-17-40(18-5-1)59(41-19-6-2-7-20-41)52-34-28-39-16-10-11-23-46(39)58(52)50-33-30-44(37-53(50)59)60(43-31-35-57-51(36-43)49-25-13-15-27-56(49)62-57)45-29-32-48-47-24-12-14-26-54(47)61(55(48)38-45)42-21-8-3-9-22-42/h1-38H. The van der Waals surface area contributed by atoms with E-state index in [2.05, 4.69) is 234 Å². The number of hydrogen-bond acceptors (Lipinski definition) is 2. The molecule has 0 radical (unpaired) electrons. The Labute approximate surface area is 359 Å². The summed E-state index contributed by atoms with van der Waals surface area (Å²) in [5.41, 5.74) is 15.4. The van der Waals surface area contributed by atoms with Crippen LogP contribution in [0.25, 0.3) is 71.3 Å². The lowest BCUT2D eigenvalue weighted by molar-refractivity contribution is 0.669. The SMILES string of the molecule is c1ccc(-n2c3ccccc3c3ccc(N(c4ccc5c(c4)C(c4ccccc4)(c4ccccc4)c4ccc6ccccc6c4-5)c4ccc5oc6ccccc6c5c4)cc32)cc1. The van der Waals surface area contributed by atoms with Crippen LogP contribution in [0.3, 0.4) is 0 Å². The topological polar surface area (TPSA) is 21.3 Å². The van der Waals surface area contributed by atoms with Gasteiger partial charge in [0.25, 0.3) is 0 Å². The Morgan fingerprint density at radius 1 is 0.371 bits per heavy atom. The van der Waals surface area contributed by atoms with Crippen molar-refractivity contribution in [1.82, 2.24) is 4.57 Å². The molecule has 0 bridgehead atoms. The van der Waals surface area contributed by atoms with Crippen molar-refractivity contribution in [2.75, 3.05) is 4.90 Å². The average Bonchev–Trinajstić information content (AvgIpc) is 3.98. The van der Waals surface area contributed by atoms with Crippen LogP contribution in [0.1, 0.15) is 22.3 Å². The maximum atomic E-state index is 6.39. The van der Waals surface area contributed by atoms with Crippen LogP contribution in [-0.2, 0) is 5.41 Å². The highest BCUT2D eigenvalue weighted by Gasteiger charge is 2.47. The number of aromatic nitrogens is 1. The summed E-state index contributed by atoms with van der Waals surface area (Å²) in [6.45, 7) is 0. The van der Waals surface area contributed by atoms with Crippen molar-refractivity contribution in [2.45, 2.75) is 5.41 Å². The van der Waals surface area contributed by atoms with Crippen LogP contribution in [0, 0.1) is 0 Å². The fraction of sp³-hybridized carbons (Fsp3) is 0.0169. The van der Waals surface area contributed by atoms with E-state index in [1.54, 1.807) is 0 Å². The molecule has 0 atom stereocenters. The van der Waals surface area contributed by atoms with Gasteiger partial charge in [0.1, 0.15) is 11.2 Å². The van der Waals surface area contributed by atoms with Gasteiger partial charge in [-0.15, -0.1) is 0 Å². The van der Waals surface area contributed by atoms with E-state index < -0.39 is 5.41 Å². The van der Waals surface area contributed by atoms with Crippen molar-refractivity contribution >= 4 is 71.6 Å². The Bertz CT molecular complexity index is 3660. The molecule has 62 heavy (non-hydrogen) atoms. The molecule has 10 aromatic carbocycles. The van der Waals surface area contributed by atoms with Crippen molar-refractivity contribution in [3.8, 4) is 16.8 Å². The highest BCUT2D eigenvalue weighted by atomic mass is 16.3. The number of para-hydroxylation sites is 3. The highest BCUT2D eigenvalue weighted by molar-refractivity contribution is 6.11. The first kappa shape index (κ1) is 34.7. The third-order valence-corrected chi connectivity index (χ3v) is 13.2. The van der Waals surface area contributed by atoms with Crippen LogP contribution >= 0.6 is 0 Å². The third kappa shape index (κ3) is 4.94. The zero-order chi connectivity index (χ0) is 40.8. The molecule has 0 unspecified atom stereocenters. The molecule has 0 saturated heterocycles. The van der Waals surface area contributed by atoms with Crippen LogP contribution in [0.4, 0.5) is 17.1 Å². The van der Waals surface area contributed by atoms with Gasteiger partial charge in [0, 0.05) is 44.3 Å². The van der Waals surface area contributed by atoms with Crippen molar-refractivity contribution in [3.05, 3.63) is 253 Å². The lowest BCUT2D eigenvalue weighted by atomic mass is 9.67. The maximum Gasteiger partial charge on any atom is 0.135 e. The Kier molecular flexibility index (Phi) is 7.52. The minimum atomic E-state index is -0.576. The summed E-state index contributed by atoms with van der Waals surface area (Å²) in [6, 6.07) is 84.3. The molecule has 0 saturated carbocycles. The number of furan rings is 1. The lowest BCUT2D eigenvalue weighted by Gasteiger charge is -2.35. The molecule has 0 spiro atoms. The number of hydrogen-bond donors (Lipinski definition) is 0. The molecule has 12 aromatic rings. The smallest absolute Gasteiger partial charge is 0.135 e. The van der Waals surface area contributed by atoms with Crippen molar-refractivity contribution < 1.29 is 4.42 Å². The molecule has 1 aliphatic rings. The summed E-state index contributed by atoms with van der Waals surface area (Å²) in [5, 5.41) is 7.14. The fourth-order valence-electron chi connectivity index (χ4n) is 10.6. The Hall–Kier alpha value is -8.14. The van der Waals surface area contributed by atoms with Crippen LogP contribution in [0.2, 0.25) is 0 Å². The Morgan fingerprint density at radius 3 is 1.74 bits per heavy atom. The van der Waals surface area contributed by atoms with Crippen LogP contribution in [0.15, 0.2) is 235 Å². The summed E-state index contributed by atoms with van der Waals surface area (Å²) < 4.78 is 8.79. The Balaban J connectivity index is 1.13. The van der Waals surface area contributed by atoms with E-state index in [4.69, 9.17) is 4.42 Å². The second-order valence-corrected chi connectivity index (χ2v) is 16.4. The molecule has 0 N–H and O–H groups in total. The molecule has 13 rings (SSSR count). The zero-order valence-electron chi connectivity index (χ0n) is 33.7. The van der Waals surface area contributed by atoms with Gasteiger partial charge in [-0.05, 0) is 111 Å². The van der Waals surface area contributed by atoms with E-state index in [0.29, 0.717) is 0 Å². The Morgan fingerprint density at radius 2 is 0.952 bits per heavy atom. The number of anilines is 3. The normalized spacial score (nSPS) is 13.0. The van der Waals surface area contributed by atoms with Gasteiger partial charge in [0.05, 0.1) is 16.4 Å². The largest absolute Gasteiger partial charge is 0.456 e. The second kappa shape index (κ2) is 13.4. The van der Waals surface area contributed by atoms with E-state index in [1.807, 2.05) is 6.07 Å². The van der Waals surface area contributed by atoms with Gasteiger partial charge in [0.2, 0.25) is 0 Å². The molecule has 3 nitrogen and oxygen atoms in total. The van der Waals surface area contributed by atoms with Gasteiger partial charge < -0.3 is 13.9 Å². The van der Waals surface area contributed by atoms with Crippen LogP contribution < -0.4 is 4.90 Å². The van der Waals surface area contributed by atoms with Crippen molar-refractivity contribution in [3.63, 3.8) is 0 Å². The van der Waals surface area contributed by atoms with Crippen LogP contribution in [0.5, 0.6) is 0 Å². The predicted octanol–water partition coefficient (Wildman–Crippen LogP) is 15.7. The molecule has 0 fully saturated rings. The molecule has 0 amide bonds. The first-order chi connectivity index (χ1) is 30.8. The average molecular weight is 791 g/mol. The molecule has 0 aliphatic heterocycles. The summed E-state index contributed by atoms with van der Waals surface area (Å²) in [5.74, 6) is 0. The van der Waals surface area contributed by atoms with E-state index in [-0.39, 0.29) is 0 Å². The number of rotatable bonds is 6.